The molecule has 1 atom stereocenters. The third kappa shape index (κ3) is 6.12. The number of carboxylic acids is 1. The van der Waals surface area contributed by atoms with Crippen molar-refractivity contribution in [3.8, 4) is 11.1 Å². The van der Waals surface area contributed by atoms with Gasteiger partial charge in [0.25, 0.3) is 0 Å². The van der Waals surface area contributed by atoms with Crippen LogP contribution in [-0.4, -0.2) is 42.3 Å². The van der Waals surface area contributed by atoms with E-state index in [0.717, 1.165) is 22.3 Å². The second kappa shape index (κ2) is 10.5. The van der Waals surface area contributed by atoms with Gasteiger partial charge in [-0.1, -0.05) is 69.3 Å². The number of hydrogen-bond donors (Lipinski definition) is 3. The molecule has 0 bridgehead atoms. The highest BCUT2D eigenvalue weighted by molar-refractivity contribution is 5.86. The maximum absolute atomic E-state index is 12.7. The summed E-state index contributed by atoms with van der Waals surface area (Å²) in [7, 11) is 0. The van der Waals surface area contributed by atoms with Gasteiger partial charge in [0.2, 0.25) is 5.91 Å². The summed E-state index contributed by atoms with van der Waals surface area (Å²) in [5, 5.41) is 14.2. The lowest BCUT2D eigenvalue weighted by Gasteiger charge is -2.30. The molecule has 2 aromatic rings. The number of benzene rings is 2. The Morgan fingerprint density at radius 3 is 2.09 bits per heavy atom. The summed E-state index contributed by atoms with van der Waals surface area (Å²) in [6, 6.07) is 15.4. The van der Waals surface area contributed by atoms with E-state index >= 15 is 0 Å². The van der Waals surface area contributed by atoms with Gasteiger partial charge in [0.05, 0.1) is 0 Å². The van der Waals surface area contributed by atoms with Crippen LogP contribution in [-0.2, 0) is 14.3 Å². The molecule has 0 spiro atoms. The van der Waals surface area contributed by atoms with Crippen LogP contribution < -0.4 is 10.6 Å². The summed E-state index contributed by atoms with van der Waals surface area (Å²) >= 11 is 0. The molecule has 0 fully saturated rings. The van der Waals surface area contributed by atoms with Gasteiger partial charge in [-0.25, -0.2) is 4.79 Å². The second-order valence-electron chi connectivity index (χ2n) is 9.41. The molecule has 33 heavy (non-hydrogen) atoms. The highest BCUT2D eigenvalue weighted by Crippen LogP contribution is 2.44. The number of ether oxygens (including phenoxy) is 1. The van der Waals surface area contributed by atoms with Crippen LogP contribution in [0.25, 0.3) is 11.1 Å². The molecule has 2 amide bonds. The van der Waals surface area contributed by atoms with E-state index in [9.17, 15) is 14.4 Å². The van der Waals surface area contributed by atoms with Crippen LogP contribution in [0.3, 0.4) is 0 Å². The minimum Gasteiger partial charge on any atom is -0.481 e. The van der Waals surface area contributed by atoms with Crippen molar-refractivity contribution in [2.45, 2.75) is 52.0 Å². The van der Waals surface area contributed by atoms with E-state index < -0.39 is 23.5 Å². The van der Waals surface area contributed by atoms with Crippen molar-refractivity contribution in [3.05, 3.63) is 59.7 Å². The Bertz CT molecular complexity index is 966. The van der Waals surface area contributed by atoms with Crippen molar-refractivity contribution in [1.82, 2.24) is 10.6 Å². The first kappa shape index (κ1) is 24.3. The van der Waals surface area contributed by atoms with E-state index in [4.69, 9.17) is 9.84 Å². The monoisotopic (exact) mass is 452 g/mol. The van der Waals surface area contributed by atoms with Crippen LogP contribution in [0.1, 0.15) is 57.1 Å². The number of carbonyl (C=O) groups is 3. The van der Waals surface area contributed by atoms with Crippen LogP contribution in [0.15, 0.2) is 48.5 Å². The second-order valence-corrected chi connectivity index (χ2v) is 9.41. The summed E-state index contributed by atoms with van der Waals surface area (Å²) in [5.41, 5.74) is 4.02. The molecule has 1 aliphatic rings. The average Bonchev–Trinajstić information content (AvgIpc) is 3.08. The minimum atomic E-state index is -0.856. The van der Waals surface area contributed by atoms with Crippen molar-refractivity contribution < 1.29 is 24.2 Å². The van der Waals surface area contributed by atoms with Crippen molar-refractivity contribution in [1.29, 1.82) is 0 Å². The predicted molar refractivity (Wildman–Crippen MR) is 126 cm³/mol. The highest BCUT2D eigenvalue weighted by atomic mass is 16.5. The number of carbonyl (C=O) groups excluding carboxylic acids is 2. The number of alkyl carbamates (subject to hydrolysis) is 1. The lowest BCUT2D eigenvalue weighted by atomic mass is 9.86. The summed E-state index contributed by atoms with van der Waals surface area (Å²) in [6.45, 7) is 6.13. The Labute approximate surface area is 194 Å². The Balaban J connectivity index is 1.59. The normalized spacial score (nSPS) is 13.5. The highest BCUT2D eigenvalue weighted by Gasteiger charge is 2.34. The van der Waals surface area contributed by atoms with Gasteiger partial charge in [0, 0.05) is 18.9 Å². The first-order valence-electron chi connectivity index (χ1n) is 11.3. The van der Waals surface area contributed by atoms with E-state index in [1.54, 1.807) is 0 Å². The maximum atomic E-state index is 12.7. The largest absolute Gasteiger partial charge is 0.481 e. The van der Waals surface area contributed by atoms with Crippen molar-refractivity contribution in [2.24, 2.45) is 5.41 Å². The van der Waals surface area contributed by atoms with Crippen LogP contribution >= 0.6 is 0 Å². The lowest BCUT2D eigenvalue weighted by Crippen LogP contribution is -2.53. The molecule has 1 aliphatic carbocycles. The van der Waals surface area contributed by atoms with E-state index in [1.807, 2.05) is 45.0 Å². The van der Waals surface area contributed by atoms with Gasteiger partial charge in [-0.2, -0.15) is 0 Å². The zero-order valence-electron chi connectivity index (χ0n) is 19.4. The molecule has 0 saturated carbocycles. The molecular formula is C26H32N2O5. The molecule has 0 radical (unpaired) electrons. The molecule has 0 heterocycles. The third-order valence-corrected chi connectivity index (χ3v) is 5.85. The van der Waals surface area contributed by atoms with Crippen molar-refractivity contribution in [2.75, 3.05) is 13.2 Å². The van der Waals surface area contributed by atoms with Crippen molar-refractivity contribution in [3.63, 3.8) is 0 Å². The first-order valence-corrected chi connectivity index (χ1v) is 11.3. The zero-order valence-corrected chi connectivity index (χ0v) is 19.4. The summed E-state index contributed by atoms with van der Waals surface area (Å²) in [5.74, 6) is -1.23. The summed E-state index contributed by atoms with van der Waals surface area (Å²) in [4.78, 5) is 36.0. The van der Waals surface area contributed by atoms with Crippen LogP contribution in [0.2, 0.25) is 0 Å². The predicted octanol–water partition coefficient (Wildman–Crippen LogP) is 4.31. The smallest absolute Gasteiger partial charge is 0.407 e. The van der Waals surface area contributed by atoms with Gasteiger partial charge in [-0.15, -0.1) is 0 Å². The fourth-order valence-corrected chi connectivity index (χ4v) is 4.15. The number of amides is 2. The van der Waals surface area contributed by atoms with Gasteiger partial charge >= 0.3 is 12.1 Å². The van der Waals surface area contributed by atoms with E-state index in [0.29, 0.717) is 19.4 Å². The SMILES string of the molecule is CC(C)(C)[C@@H](NC(=O)OCC1c2ccccc2-c2ccccc21)C(=O)NCCCCC(=O)O. The topological polar surface area (TPSA) is 105 Å². The number of aliphatic carboxylic acids is 1. The maximum Gasteiger partial charge on any atom is 0.407 e. The van der Waals surface area contributed by atoms with Gasteiger partial charge in [-0.05, 0) is 40.5 Å². The Morgan fingerprint density at radius 1 is 0.970 bits per heavy atom. The van der Waals surface area contributed by atoms with Crippen LogP contribution in [0.4, 0.5) is 4.79 Å². The van der Waals surface area contributed by atoms with Gasteiger partial charge < -0.3 is 20.5 Å². The molecule has 0 aliphatic heterocycles. The molecule has 0 unspecified atom stereocenters. The molecule has 7 nitrogen and oxygen atoms in total. The minimum absolute atomic E-state index is 0.0562. The lowest BCUT2D eigenvalue weighted by molar-refractivity contribution is -0.137. The molecule has 3 N–H and O–H groups in total. The quantitative estimate of drug-likeness (QED) is 0.492. The molecule has 2 aromatic carbocycles. The Hall–Kier alpha value is -3.35. The number of fused-ring (bicyclic) bond motifs is 3. The summed E-state index contributed by atoms with van der Waals surface area (Å²) < 4.78 is 5.59. The van der Waals surface area contributed by atoms with Crippen molar-refractivity contribution >= 4 is 18.0 Å². The first-order chi connectivity index (χ1) is 15.7. The Morgan fingerprint density at radius 2 is 1.55 bits per heavy atom. The van der Waals surface area contributed by atoms with Crippen LogP contribution in [0.5, 0.6) is 0 Å². The fourth-order valence-electron chi connectivity index (χ4n) is 4.15. The number of hydrogen-bond acceptors (Lipinski definition) is 4. The van der Waals surface area contributed by atoms with Crippen LogP contribution in [0, 0.1) is 5.41 Å². The van der Waals surface area contributed by atoms with Gasteiger partial charge in [0.15, 0.2) is 0 Å². The van der Waals surface area contributed by atoms with Gasteiger partial charge in [0.1, 0.15) is 12.6 Å². The Kier molecular flexibility index (Phi) is 7.74. The number of nitrogens with one attached hydrogen (secondary N) is 2. The summed E-state index contributed by atoms with van der Waals surface area (Å²) in [6.07, 6.45) is 0.462. The van der Waals surface area contributed by atoms with E-state index in [1.165, 1.54) is 0 Å². The number of unbranched alkanes of at least 4 members (excludes halogenated alkanes) is 1. The van der Waals surface area contributed by atoms with E-state index in [2.05, 4.69) is 34.9 Å². The zero-order chi connectivity index (χ0) is 24.0. The molecule has 7 heteroatoms. The van der Waals surface area contributed by atoms with Gasteiger partial charge in [-0.3, -0.25) is 9.59 Å². The number of carboxylic acid groups (broad SMARTS) is 1. The molecule has 0 saturated heterocycles. The molecular weight excluding hydrogens is 420 g/mol. The fraction of sp³-hybridized carbons (Fsp3) is 0.423. The average molecular weight is 453 g/mol. The third-order valence-electron chi connectivity index (χ3n) is 5.85. The number of rotatable bonds is 9. The molecule has 3 rings (SSSR count). The molecule has 176 valence electrons. The van der Waals surface area contributed by atoms with E-state index in [-0.39, 0.29) is 24.9 Å². The standard InChI is InChI=1S/C26H32N2O5/c1-26(2,3)23(24(31)27-15-9-8-14-22(29)30)28-25(32)33-16-21-19-12-6-4-10-17(19)18-11-5-7-13-20(18)21/h4-7,10-13,21,23H,8-9,14-16H2,1-3H3,(H,27,31)(H,28,32)(H,29,30)/t23-/m0/s1. The molecule has 0 aromatic heterocycles.